The van der Waals surface area contributed by atoms with Gasteiger partial charge in [-0.3, -0.25) is 0 Å². The molecule has 2 aliphatic heterocycles. The Labute approximate surface area is 72.5 Å². The molecule has 2 heterocycles. The number of urea groups is 1. The molecule has 2 saturated heterocycles. The van der Waals surface area contributed by atoms with Crippen molar-refractivity contribution in [1.29, 1.82) is 0 Å². The van der Waals surface area contributed by atoms with Gasteiger partial charge >= 0.3 is 6.03 Å². The van der Waals surface area contributed by atoms with E-state index in [0.717, 1.165) is 39.3 Å². The van der Waals surface area contributed by atoms with Gasteiger partial charge in [-0.15, -0.1) is 0 Å². The Kier molecular flexibility index (Phi) is 2.17. The highest BCUT2D eigenvalue weighted by atomic mass is 16.2. The number of nitrogens with zero attached hydrogens (tertiary/aromatic N) is 2. The average molecular weight is 169 g/mol. The van der Waals surface area contributed by atoms with Crippen LogP contribution in [0.1, 0.15) is 6.42 Å². The molecule has 2 fully saturated rings. The summed E-state index contributed by atoms with van der Waals surface area (Å²) >= 11 is 0. The van der Waals surface area contributed by atoms with E-state index >= 15 is 0 Å². The predicted octanol–water partition coefficient (Wildman–Crippen LogP) is -0.283. The summed E-state index contributed by atoms with van der Waals surface area (Å²) < 4.78 is 0. The Hall–Kier alpha value is -0.770. The van der Waals surface area contributed by atoms with Crippen LogP contribution in [0.25, 0.3) is 0 Å². The highest BCUT2D eigenvalue weighted by Crippen LogP contribution is 2.09. The lowest BCUT2D eigenvalue weighted by Gasteiger charge is -2.37. The maximum Gasteiger partial charge on any atom is 0.320 e. The van der Waals surface area contributed by atoms with Gasteiger partial charge in [0.15, 0.2) is 0 Å². The smallest absolute Gasteiger partial charge is 0.320 e. The van der Waals surface area contributed by atoms with Gasteiger partial charge in [0.25, 0.3) is 0 Å². The van der Waals surface area contributed by atoms with Gasteiger partial charge in [-0.1, -0.05) is 0 Å². The van der Waals surface area contributed by atoms with Crippen molar-refractivity contribution in [1.82, 2.24) is 15.1 Å². The maximum atomic E-state index is 11.6. The van der Waals surface area contributed by atoms with Gasteiger partial charge in [0.1, 0.15) is 0 Å². The molecule has 2 rings (SSSR count). The summed E-state index contributed by atoms with van der Waals surface area (Å²) in [6.45, 7) is 5.55. The summed E-state index contributed by atoms with van der Waals surface area (Å²) in [7, 11) is 0. The van der Waals surface area contributed by atoms with Crippen molar-refractivity contribution < 1.29 is 4.79 Å². The van der Waals surface area contributed by atoms with Crippen molar-refractivity contribution in [3.05, 3.63) is 0 Å². The monoisotopic (exact) mass is 169 g/mol. The summed E-state index contributed by atoms with van der Waals surface area (Å²) in [6, 6.07) is 0.239. The second-order valence-electron chi connectivity index (χ2n) is 3.36. The molecule has 1 N–H and O–H groups in total. The molecule has 68 valence electrons. The lowest BCUT2D eigenvalue weighted by molar-refractivity contribution is 0.122. The third-order valence-corrected chi connectivity index (χ3v) is 2.51. The number of carbonyl (C=O) groups is 1. The molecular formula is C8H15N3O. The highest BCUT2D eigenvalue weighted by Gasteiger charge is 2.25. The van der Waals surface area contributed by atoms with Crippen molar-refractivity contribution in [3.8, 4) is 0 Å². The van der Waals surface area contributed by atoms with Crippen molar-refractivity contribution in [3.63, 3.8) is 0 Å². The number of piperazine rings is 1. The molecule has 0 bridgehead atoms. The van der Waals surface area contributed by atoms with Crippen LogP contribution in [0.15, 0.2) is 0 Å². The van der Waals surface area contributed by atoms with Gasteiger partial charge in [-0.05, 0) is 6.42 Å². The Morgan fingerprint density at radius 3 is 2.08 bits per heavy atom. The molecule has 0 aromatic rings. The first-order valence-corrected chi connectivity index (χ1v) is 4.62. The number of carbonyl (C=O) groups excluding carboxylic acids is 1. The molecule has 0 aromatic carbocycles. The zero-order valence-electron chi connectivity index (χ0n) is 7.25. The minimum absolute atomic E-state index is 0.239. The number of rotatable bonds is 0. The van der Waals surface area contributed by atoms with Crippen LogP contribution in [0, 0.1) is 0 Å². The van der Waals surface area contributed by atoms with Crippen molar-refractivity contribution in [2.24, 2.45) is 0 Å². The fourth-order valence-corrected chi connectivity index (χ4v) is 1.56. The summed E-state index contributed by atoms with van der Waals surface area (Å²) in [5, 5.41) is 3.23. The van der Waals surface area contributed by atoms with E-state index in [0.29, 0.717) is 0 Å². The fraction of sp³-hybridized carbons (Fsp3) is 0.875. The first-order valence-electron chi connectivity index (χ1n) is 4.62. The lowest BCUT2D eigenvalue weighted by Crippen LogP contribution is -2.54. The molecule has 2 aliphatic rings. The lowest BCUT2D eigenvalue weighted by atomic mass is 10.2. The van der Waals surface area contributed by atoms with Crippen LogP contribution >= 0.6 is 0 Å². The second-order valence-corrected chi connectivity index (χ2v) is 3.36. The SMILES string of the molecule is O=C(N1CCC1)N1CCNCC1. The van der Waals surface area contributed by atoms with E-state index in [4.69, 9.17) is 0 Å². The molecule has 0 atom stereocenters. The van der Waals surface area contributed by atoms with E-state index in [2.05, 4.69) is 5.32 Å². The van der Waals surface area contributed by atoms with Crippen LogP contribution in [0.4, 0.5) is 4.79 Å². The predicted molar refractivity (Wildman–Crippen MR) is 46.0 cm³/mol. The van der Waals surface area contributed by atoms with Gasteiger partial charge in [-0.2, -0.15) is 0 Å². The molecule has 4 heteroatoms. The quantitative estimate of drug-likeness (QED) is 0.541. The first-order chi connectivity index (χ1) is 5.88. The topological polar surface area (TPSA) is 35.6 Å². The van der Waals surface area contributed by atoms with Crippen LogP contribution in [-0.2, 0) is 0 Å². The second kappa shape index (κ2) is 3.31. The molecular weight excluding hydrogens is 154 g/mol. The number of nitrogens with one attached hydrogen (secondary N) is 1. The van der Waals surface area contributed by atoms with Gasteiger partial charge in [0.2, 0.25) is 0 Å². The molecule has 0 aromatic heterocycles. The zero-order chi connectivity index (χ0) is 8.39. The van der Waals surface area contributed by atoms with Crippen LogP contribution in [0.5, 0.6) is 0 Å². The molecule has 0 saturated carbocycles. The van der Waals surface area contributed by atoms with Gasteiger partial charge < -0.3 is 15.1 Å². The van der Waals surface area contributed by atoms with Crippen LogP contribution in [-0.4, -0.2) is 55.1 Å². The molecule has 0 radical (unpaired) electrons. The Bertz CT molecular complexity index is 173. The van der Waals surface area contributed by atoms with Gasteiger partial charge in [0.05, 0.1) is 0 Å². The van der Waals surface area contributed by atoms with E-state index in [1.165, 1.54) is 6.42 Å². The Morgan fingerprint density at radius 2 is 1.58 bits per heavy atom. The maximum absolute atomic E-state index is 11.6. The van der Waals surface area contributed by atoms with E-state index in [-0.39, 0.29) is 6.03 Å². The fourth-order valence-electron chi connectivity index (χ4n) is 1.56. The number of amides is 2. The zero-order valence-corrected chi connectivity index (χ0v) is 7.25. The standard InChI is InChI=1S/C8H15N3O/c12-8(10-4-1-5-10)11-6-2-9-3-7-11/h9H,1-7H2. The molecule has 12 heavy (non-hydrogen) atoms. The van der Waals surface area contributed by atoms with Gasteiger partial charge in [0, 0.05) is 39.3 Å². The normalized spacial score (nSPS) is 23.7. The molecule has 0 unspecified atom stereocenters. The molecule has 2 amide bonds. The Balaban J connectivity index is 1.84. The minimum Gasteiger partial charge on any atom is -0.325 e. The first kappa shape index (κ1) is 7.86. The Morgan fingerprint density at radius 1 is 1.00 bits per heavy atom. The van der Waals surface area contributed by atoms with E-state index in [9.17, 15) is 4.79 Å². The number of likely N-dealkylation sites (tertiary alicyclic amines) is 1. The van der Waals surface area contributed by atoms with Crippen LogP contribution in [0.2, 0.25) is 0 Å². The van der Waals surface area contributed by atoms with Crippen LogP contribution in [0.3, 0.4) is 0 Å². The number of hydrogen-bond acceptors (Lipinski definition) is 2. The third kappa shape index (κ3) is 1.39. The molecule has 0 spiro atoms. The average Bonchev–Trinajstić information content (AvgIpc) is 2.03. The highest BCUT2D eigenvalue weighted by molar-refractivity contribution is 5.75. The summed E-state index contributed by atoms with van der Waals surface area (Å²) in [5.41, 5.74) is 0. The third-order valence-electron chi connectivity index (χ3n) is 2.51. The summed E-state index contributed by atoms with van der Waals surface area (Å²) in [5.74, 6) is 0. The van der Waals surface area contributed by atoms with E-state index in [1.807, 2.05) is 9.80 Å². The van der Waals surface area contributed by atoms with Crippen molar-refractivity contribution >= 4 is 6.03 Å². The summed E-state index contributed by atoms with van der Waals surface area (Å²) in [4.78, 5) is 15.5. The molecule has 4 nitrogen and oxygen atoms in total. The van der Waals surface area contributed by atoms with Gasteiger partial charge in [-0.25, -0.2) is 4.79 Å². The van der Waals surface area contributed by atoms with Crippen LogP contribution < -0.4 is 5.32 Å². The van der Waals surface area contributed by atoms with E-state index < -0.39 is 0 Å². The largest absolute Gasteiger partial charge is 0.325 e. The minimum atomic E-state index is 0.239. The molecule has 0 aliphatic carbocycles. The van der Waals surface area contributed by atoms with E-state index in [1.54, 1.807) is 0 Å². The summed E-state index contributed by atoms with van der Waals surface area (Å²) in [6.07, 6.45) is 1.18. The van der Waals surface area contributed by atoms with Crippen molar-refractivity contribution in [2.75, 3.05) is 39.3 Å². The number of hydrogen-bond donors (Lipinski definition) is 1. The van der Waals surface area contributed by atoms with Crippen molar-refractivity contribution in [2.45, 2.75) is 6.42 Å².